The van der Waals surface area contributed by atoms with E-state index in [0.717, 1.165) is 0 Å². The molecule has 0 aromatic rings. The van der Waals surface area contributed by atoms with Crippen molar-refractivity contribution >= 4 is 11.8 Å². The maximum absolute atomic E-state index is 11.5. The van der Waals surface area contributed by atoms with Crippen LogP contribution in [-0.4, -0.2) is 31.6 Å². The van der Waals surface area contributed by atoms with Gasteiger partial charge >= 0.3 is 5.97 Å². The Hall–Kier alpha value is -0.900. The molecule has 0 aliphatic heterocycles. The van der Waals surface area contributed by atoms with Crippen LogP contribution in [0, 0.1) is 5.41 Å². The molecule has 0 heterocycles. The van der Waals surface area contributed by atoms with E-state index in [-0.39, 0.29) is 36.6 Å². The summed E-state index contributed by atoms with van der Waals surface area (Å²) in [7, 11) is 0. The molecule has 0 fully saturated rings. The Morgan fingerprint density at radius 2 is 1.69 bits per heavy atom. The van der Waals surface area contributed by atoms with E-state index < -0.39 is 0 Å². The third-order valence-electron chi connectivity index (χ3n) is 2.08. The Bertz CT molecular complexity index is 228. The number of ketones is 1. The highest BCUT2D eigenvalue weighted by atomic mass is 16.5. The Morgan fingerprint density at radius 1 is 1.06 bits per heavy atom. The molecule has 0 aromatic carbocycles. The zero-order valence-electron chi connectivity index (χ0n) is 10.7. The van der Waals surface area contributed by atoms with Gasteiger partial charge in [0.15, 0.2) is 0 Å². The van der Waals surface area contributed by atoms with Crippen LogP contribution < -0.4 is 0 Å². The molecule has 4 heteroatoms. The Balaban J connectivity index is 3.59. The molecule has 0 saturated heterocycles. The van der Waals surface area contributed by atoms with Crippen molar-refractivity contribution in [1.29, 1.82) is 0 Å². The lowest BCUT2D eigenvalue weighted by Gasteiger charge is -2.16. The number of carbonyl (C=O) groups excluding carboxylic acids is 2. The first-order valence-corrected chi connectivity index (χ1v) is 5.64. The van der Waals surface area contributed by atoms with Gasteiger partial charge in [-0.15, -0.1) is 0 Å². The summed E-state index contributed by atoms with van der Waals surface area (Å²) in [5.74, 6) is -0.208. The quantitative estimate of drug-likeness (QED) is 0.495. The normalized spacial score (nSPS) is 11.2. The molecule has 0 radical (unpaired) electrons. The lowest BCUT2D eigenvalue weighted by Crippen LogP contribution is -2.22. The highest BCUT2D eigenvalue weighted by Gasteiger charge is 2.20. The van der Waals surface area contributed by atoms with E-state index in [4.69, 9.17) is 9.47 Å². The largest absolute Gasteiger partial charge is 0.465 e. The van der Waals surface area contributed by atoms with Crippen molar-refractivity contribution < 1.29 is 19.1 Å². The Kier molecular flexibility index (Phi) is 6.97. The molecule has 0 rings (SSSR count). The first-order valence-electron chi connectivity index (χ1n) is 5.64. The second kappa shape index (κ2) is 7.39. The van der Waals surface area contributed by atoms with Crippen LogP contribution in [0.5, 0.6) is 0 Å². The molecule has 0 amide bonds. The van der Waals surface area contributed by atoms with Crippen LogP contribution in [0.15, 0.2) is 0 Å². The van der Waals surface area contributed by atoms with Crippen LogP contribution >= 0.6 is 0 Å². The lowest BCUT2D eigenvalue weighted by molar-refractivity contribution is -0.145. The van der Waals surface area contributed by atoms with Crippen molar-refractivity contribution in [2.75, 3.05) is 19.8 Å². The second-order valence-corrected chi connectivity index (χ2v) is 4.59. The molecule has 0 atom stereocenters. The molecular weight excluding hydrogens is 208 g/mol. The van der Waals surface area contributed by atoms with E-state index in [2.05, 4.69) is 0 Å². The molecule has 0 aliphatic rings. The van der Waals surface area contributed by atoms with Crippen molar-refractivity contribution in [3.05, 3.63) is 0 Å². The highest BCUT2D eigenvalue weighted by Crippen LogP contribution is 2.16. The smallest absolute Gasteiger partial charge is 0.308 e. The Labute approximate surface area is 97.3 Å². The molecule has 0 N–H and O–H groups in total. The Morgan fingerprint density at radius 3 is 2.19 bits per heavy atom. The summed E-state index contributed by atoms with van der Waals surface area (Å²) >= 11 is 0. The molecule has 94 valence electrons. The third kappa shape index (κ3) is 7.40. The van der Waals surface area contributed by atoms with Gasteiger partial charge in [0.2, 0.25) is 0 Å². The fourth-order valence-electron chi connectivity index (χ4n) is 1.00. The fraction of sp³-hybridized carbons (Fsp3) is 0.833. The molecule has 4 nitrogen and oxygen atoms in total. The molecule has 0 bridgehead atoms. The molecule has 0 aliphatic carbocycles. The van der Waals surface area contributed by atoms with E-state index in [1.165, 1.54) is 0 Å². The van der Waals surface area contributed by atoms with Gasteiger partial charge in [0, 0.05) is 18.4 Å². The first-order chi connectivity index (χ1) is 7.38. The third-order valence-corrected chi connectivity index (χ3v) is 2.08. The number of esters is 1. The highest BCUT2D eigenvalue weighted by molar-refractivity contribution is 5.83. The molecular formula is C12H22O4. The summed E-state index contributed by atoms with van der Waals surface area (Å²) in [6.07, 6.45) is 0.529. The van der Waals surface area contributed by atoms with E-state index in [0.29, 0.717) is 13.2 Å². The van der Waals surface area contributed by atoms with Crippen LogP contribution in [0.25, 0.3) is 0 Å². The van der Waals surface area contributed by atoms with Crippen LogP contribution in [-0.2, 0) is 19.1 Å². The van der Waals surface area contributed by atoms with Gasteiger partial charge in [-0.2, -0.15) is 0 Å². The van der Waals surface area contributed by atoms with Crippen molar-refractivity contribution in [3.63, 3.8) is 0 Å². The van der Waals surface area contributed by atoms with Crippen molar-refractivity contribution in [2.24, 2.45) is 5.41 Å². The van der Waals surface area contributed by atoms with Gasteiger partial charge in [-0.25, -0.2) is 0 Å². The minimum absolute atomic E-state index is 0.102. The zero-order valence-corrected chi connectivity index (χ0v) is 10.7. The van der Waals surface area contributed by atoms with Crippen LogP contribution in [0.3, 0.4) is 0 Å². The second-order valence-electron chi connectivity index (χ2n) is 4.59. The van der Waals surface area contributed by atoms with Crippen molar-refractivity contribution in [1.82, 2.24) is 0 Å². The maximum atomic E-state index is 11.5. The molecule has 0 unspecified atom stereocenters. The molecule has 0 saturated carbocycles. The number of hydrogen-bond acceptors (Lipinski definition) is 4. The standard InChI is InChI=1S/C12H22O4/c1-5-15-8-7-11(14)16-9-6-10(13)12(2,3)4/h5-9H2,1-4H3. The fourth-order valence-corrected chi connectivity index (χ4v) is 1.00. The van der Waals surface area contributed by atoms with E-state index >= 15 is 0 Å². The predicted octanol–water partition coefficient (Wildman–Crippen LogP) is 1.96. The number of rotatable bonds is 7. The zero-order chi connectivity index (χ0) is 12.6. The van der Waals surface area contributed by atoms with Gasteiger partial charge < -0.3 is 9.47 Å². The number of Topliss-reactive ketones (excluding diaryl/α,β-unsaturated/α-hetero) is 1. The summed E-state index contributed by atoms with van der Waals surface area (Å²) in [5.41, 5.74) is -0.363. The van der Waals surface area contributed by atoms with Crippen molar-refractivity contribution in [3.8, 4) is 0 Å². The maximum Gasteiger partial charge on any atom is 0.308 e. The first kappa shape index (κ1) is 15.1. The number of carbonyl (C=O) groups is 2. The van der Waals surface area contributed by atoms with Gasteiger partial charge in [-0.1, -0.05) is 20.8 Å². The summed E-state index contributed by atoms with van der Waals surface area (Å²) in [6.45, 7) is 8.57. The van der Waals surface area contributed by atoms with Gasteiger partial charge in [-0.3, -0.25) is 9.59 Å². The summed E-state index contributed by atoms with van der Waals surface area (Å²) < 4.78 is 9.93. The molecule has 0 spiro atoms. The van der Waals surface area contributed by atoms with Gasteiger partial charge in [0.05, 0.1) is 19.6 Å². The van der Waals surface area contributed by atoms with Crippen molar-refractivity contribution in [2.45, 2.75) is 40.5 Å². The molecule has 0 aromatic heterocycles. The van der Waals surface area contributed by atoms with Crippen LogP contribution in [0.2, 0.25) is 0 Å². The van der Waals surface area contributed by atoms with Crippen LogP contribution in [0.4, 0.5) is 0 Å². The SMILES string of the molecule is CCOCCC(=O)OCCC(=O)C(C)(C)C. The lowest BCUT2D eigenvalue weighted by atomic mass is 9.89. The summed E-state index contributed by atoms with van der Waals surface area (Å²) in [6, 6.07) is 0. The molecule has 16 heavy (non-hydrogen) atoms. The van der Waals surface area contributed by atoms with E-state index in [1.807, 2.05) is 27.7 Å². The van der Waals surface area contributed by atoms with E-state index in [1.54, 1.807) is 0 Å². The minimum atomic E-state index is -0.363. The van der Waals surface area contributed by atoms with E-state index in [9.17, 15) is 9.59 Å². The summed E-state index contributed by atoms with van der Waals surface area (Å²) in [4.78, 5) is 22.6. The average molecular weight is 230 g/mol. The summed E-state index contributed by atoms with van der Waals surface area (Å²) in [5, 5.41) is 0. The topological polar surface area (TPSA) is 52.6 Å². The monoisotopic (exact) mass is 230 g/mol. The van der Waals surface area contributed by atoms with Crippen LogP contribution in [0.1, 0.15) is 40.5 Å². The average Bonchev–Trinajstić information content (AvgIpc) is 2.16. The predicted molar refractivity (Wildman–Crippen MR) is 61.1 cm³/mol. The minimum Gasteiger partial charge on any atom is -0.465 e. The number of hydrogen-bond donors (Lipinski definition) is 0. The van der Waals surface area contributed by atoms with Gasteiger partial charge in [0.1, 0.15) is 5.78 Å². The van der Waals surface area contributed by atoms with Gasteiger partial charge in [-0.05, 0) is 6.92 Å². The van der Waals surface area contributed by atoms with Gasteiger partial charge in [0.25, 0.3) is 0 Å². The number of ether oxygens (including phenoxy) is 2.